The van der Waals surface area contributed by atoms with Crippen LogP contribution in [0.1, 0.15) is 39.5 Å². The van der Waals surface area contributed by atoms with Gasteiger partial charge in [0.2, 0.25) is 0 Å². The van der Waals surface area contributed by atoms with E-state index in [9.17, 15) is 4.79 Å². The van der Waals surface area contributed by atoms with Gasteiger partial charge in [-0.3, -0.25) is 4.79 Å². The van der Waals surface area contributed by atoms with Crippen LogP contribution >= 0.6 is 0 Å². The summed E-state index contributed by atoms with van der Waals surface area (Å²) in [5.41, 5.74) is 1.14. The summed E-state index contributed by atoms with van der Waals surface area (Å²) in [6.07, 6.45) is 3.99. The fourth-order valence-electron chi connectivity index (χ4n) is 1.90. The van der Waals surface area contributed by atoms with Crippen molar-refractivity contribution in [2.24, 2.45) is 11.8 Å². The number of Topliss-reactive ketones (excluding diaryl/α,β-unsaturated/α-hetero) is 1. The molecule has 0 N–H and O–H groups in total. The SMILES string of the molecule is C=C(C)C[C@H]1CC[C@@H](C)CC1=O. The topological polar surface area (TPSA) is 17.1 Å². The highest BCUT2D eigenvalue weighted by molar-refractivity contribution is 5.82. The average Bonchev–Trinajstić information content (AvgIpc) is 1.94. The van der Waals surface area contributed by atoms with Crippen LogP contribution in [-0.4, -0.2) is 5.78 Å². The zero-order valence-corrected chi connectivity index (χ0v) is 8.10. The second-order valence-electron chi connectivity index (χ2n) is 4.21. The molecule has 68 valence electrons. The molecule has 1 heteroatoms. The Kier molecular flexibility index (Phi) is 3.07. The van der Waals surface area contributed by atoms with E-state index in [1.807, 2.05) is 6.92 Å². The molecule has 0 aromatic heterocycles. The van der Waals surface area contributed by atoms with Gasteiger partial charge in [0.25, 0.3) is 0 Å². The van der Waals surface area contributed by atoms with Crippen LogP contribution in [0.2, 0.25) is 0 Å². The minimum atomic E-state index is 0.290. The number of carbonyl (C=O) groups excluding carboxylic acids is 1. The summed E-state index contributed by atoms with van der Waals surface area (Å²) in [5.74, 6) is 1.36. The molecule has 12 heavy (non-hydrogen) atoms. The highest BCUT2D eigenvalue weighted by Crippen LogP contribution is 2.29. The van der Waals surface area contributed by atoms with E-state index in [1.165, 1.54) is 6.42 Å². The van der Waals surface area contributed by atoms with Crippen molar-refractivity contribution >= 4 is 5.78 Å². The van der Waals surface area contributed by atoms with E-state index in [1.54, 1.807) is 0 Å². The second-order valence-corrected chi connectivity index (χ2v) is 4.21. The Morgan fingerprint density at radius 1 is 1.58 bits per heavy atom. The van der Waals surface area contributed by atoms with E-state index >= 15 is 0 Å². The lowest BCUT2D eigenvalue weighted by Gasteiger charge is -2.24. The maximum absolute atomic E-state index is 11.5. The molecule has 0 bridgehead atoms. The molecule has 2 atom stereocenters. The van der Waals surface area contributed by atoms with Crippen molar-refractivity contribution in [1.29, 1.82) is 0 Å². The minimum Gasteiger partial charge on any atom is -0.299 e. The van der Waals surface area contributed by atoms with Crippen LogP contribution in [0.5, 0.6) is 0 Å². The van der Waals surface area contributed by atoms with Crippen LogP contribution in [-0.2, 0) is 4.79 Å². The number of ketones is 1. The number of allylic oxidation sites excluding steroid dienone is 1. The molecule has 0 spiro atoms. The highest BCUT2D eigenvalue weighted by Gasteiger charge is 2.25. The Morgan fingerprint density at radius 3 is 2.75 bits per heavy atom. The summed E-state index contributed by atoms with van der Waals surface area (Å²) in [4.78, 5) is 11.5. The highest BCUT2D eigenvalue weighted by atomic mass is 16.1. The average molecular weight is 166 g/mol. The molecule has 0 aromatic rings. The molecular formula is C11H18O. The maximum atomic E-state index is 11.5. The standard InChI is InChI=1S/C11H18O/c1-8(2)6-10-5-4-9(3)7-11(10)12/h9-10H,1,4-7H2,2-3H3/t9-,10-/m1/s1. The molecule has 0 amide bonds. The van der Waals surface area contributed by atoms with Gasteiger partial charge in [0.05, 0.1) is 0 Å². The molecule has 1 aliphatic rings. The summed E-state index contributed by atoms with van der Waals surface area (Å²) in [6, 6.07) is 0. The van der Waals surface area contributed by atoms with Crippen LogP contribution in [0, 0.1) is 11.8 Å². The molecule has 1 saturated carbocycles. The predicted octanol–water partition coefficient (Wildman–Crippen LogP) is 2.96. The lowest BCUT2D eigenvalue weighted by molar-refractivity contribution is -0.125. The van der Waals surface area contributed by atoms with Gasteiger partial charge in [-0.05, 0) is 32.1 Å². The van der Waals surface area contributed by atoms with Gasteiger partial charge in [-0.15, -0.1) is 6.58 Å². The zero-order valence-electron chi connectivity index (χ0n) is 8.10. The van der Waals surface area contributed by atoms with Crippen molar-refractivity contribution in [3.63, 3.8) is 0 Å². The first-order valence-corrected chi connectivity index (χ1v) is 4.76. The third kappa shape index (κ3) is 2.47. The van der Waals surface area contributed by atoms with Crippen molar-refractivity contribution in [2.45, 2.75) is 39.5 Å². The number of rotatable bonds is 2. The van der Waals surface area contributed by atoms with Gasteiger partial charge < -0.3 is 0 Å². The van der Waals surface area contributed by atoms with Gasteiger partial charge >= 0.3 is 0 Å². The van der Waals surface area contributed by atoms with E-state index in [2.05, 4.69) is 13.5 Å². The first-order chi connectivity index (χ1) is 5.59. The predicted molar refractivity (Wildman–Crippen MR) is 50.9 cm³/mol. The number of carbonyl (C=O) groups is 1. The van der Waals surface area contributed by atoms with Crippen LogP contribution in [0.4, 0.5) is 0 Å². The smallest absolute Gasteiger partial charge is 0.136 e. The van der Waals surface area contributed by atoms with E-state index < -0.39 is 0 Å². The Labute approximate surface area is 74.9 Å². The fourth-order valence-corrected chi connectivity index (χ4v) is 1.90. The van der Waals surface area contributed by atoms with Crippen LogP contribution in [0.15, 0.2) is 12.2 Å². The molecule has 0 saturated heterocycles. The van der Waals surface area contributed by atoms with Crippen molar-refractivity contribution < 1.29 is 4.79 Å². The largest absolute Gasteiger partial charge is 0.299 e. The van der Waals surface area contributed by atoms with E-state index in [-0.39, 0.29) is 0 Å². The molecule has 1 rings (SSSR count). The summed E-state index contributed by atoms with van der Waals surface area (Å²) < 4.78 is 0. The molecule has 0 radical (unpaired) electrons. The minimum absolute atomic E-state index is 0.290. The van der Waals surface area contributed by atoms with Gasteiger partial charge in [-0.2, -0.15) is 0 Å². The Hall–Kier alpha value is -0.590. The van der Waals surface area contributed by atoms with Gasteiger partial charge in [-0.25, -0.2) is 0 Å². The van der Waals surface area contributed by atoms with Crippen molar-refractivity contribution in [3.8, 4) is 0 Å². The maximum Gasteiger partial charge on any atom is 0.136 e. The van der Waals surface area contributed by atoms with Gasteiger partial charge in [0.1, 0.15) is 5.78 Å². The van der Waals surface area contributed by atoms with E-state index in [0.29, 0.717) is 17.6 Å². The molecule has 0 unspecified atom stereocenters. The van der Waals surface area contributed by atoms with Gasteiger partial charge in [0.15, 0.2) is 0 Å². The Morgan fingerprint density at radius 2 is 2.25 bits per heavy atom. The van der Waals surface area contributed by atoms with Crippen molar-refractivity contribution in [1.82, 2.24) is 0 Å². The second kappa shape index (κ2) is 3.88. The third-order valence-electron chi connectivity index (χ3n) is 2.61. The van der Waals surface area contributed by atoms with E-state index in [0.717, 1.165) is 24.8 Å². The fraction of sp³-hybridized carbons (Fsp3) is 0.727. The molecule has 0 aromatic carbocycles. The van der Waals surface area contributed by atoms with Crippen LogP contribution in [0.3, 0.4) is 0 Å². The molecule has 0 aliphatic heterocycles. The molecular weight excluding hydrogens is 148 g/mol. The van der Waals surface area contributed by atoms with Gasteiger partial charge in [0, 0.05) is 12.3 Å². The summed E-state index contributed by atoms with van der Waals surface area (Å²) >= 11 is 0. The lowest BCUT2D eigenvalue weighted by atomic mass is 9.79. The summed E-state index contributed by atoms with van der Waals surface area (Å²) in [7, 11) is 0. The number of hydrogen-bond donors (Lipinski definition) is 0. The lowest BCUT2D eigenvalue weighted by Crippen LogP contribution is -2.23. The van der Waals surface area contributed by atoms with Crippen molar-refractivity contribution in [3.05, 3.63) is 12.2 Å². The zero-order chi connectivity index (χ0) is 9.14. The molecule has 1 aliphatic carbocycles. The Bertz CT molecular complexity index is 193. The molecule has 0 heterocycles. The molecule has 1 fully saturated rings. The summed E-state index contributed by atoms with van der Waals surface area (Å²) in [5, 5.41) is 0. The van der Waals surface area contributed by atoms with Crippen LogP contribution < -0.4 is 0 Å². The quantitative estimate of drug-likeness (QED) is 0.576. The first kappa shape index (κ1) is 9.50. The van der Waals surface area contributed by atoms with Crippen LogP contribution in [0.25, 0.3) is 0 Å². The van der Waals surface area contributed by atoms with E-state index in [4.69, 9.17) is 0 Å². The van der Waals surface area contributed by atoms with Crippen molar-refractivity contribution in [2.75, 3.05) is 0 Å². The Balaban J connectivity index is 2.45. The first-order valence-electron chi connectivity index (χ1n) is 4.76. The normalized spacial score (nSPS) is 30.3. The summed E-state index contributed by atoms with van der Waals surface area (Å²) in [6.45, 7) is 8.02. The number of hydrogen-bond acceptors (Lipinski definition) is 1. The molecule has 1 nitrogen and oxygen atoms in total. The third-order valence-corrected chi connectivity index (χ3v) is 2.61. The van der Waals surface area contributed by atoms with Gasteiger partial charge in [-0.1, -0.05) is 12.5 Å². The monoisotopic (exact) mass is 166 g/mol.